The van der Waals surface area contributed by atoms with Crippen molar-refractivity contribution in [1.29, 1.82) is 0 Å². The molecule has 1 amide bonds. The number of fused-ring (bicyclic) bond motifs is 1. The molecule has 1 N–H and O–H groups in total. The lowest BCUT2D eigenvalue weighted by atomic mass is 10.1. The molecule has 134 valence electrons. The summed E-state index contributed by atoms with van der Waals surface area (Å²) >= 11 is 0. The van der Waals surface area contributed by atoms with Crippen LogP contribution < -0.4 is 10.3 Å². The van der Waals surface area contributed by atoms with Crippen LogP contribution in [0.3, 0.4) is 0 Å². The van der Waals surface area contributed by atoms with Gasteiger partial charge in [-0.1, -0.05) is 36.4 Å². The lowest BCUT2D eigenvalue weighted by molar-refractivity contribution is -0.118. The number of pyridine rings is 1. The maximum absolute atomic E-state index is 12.7. The molecule has 1 aromatic heterocycles. The molecular weight excluding hydrogens is 340 g/mol. The largest absolute Gasteiger partial charge is 0.305 e. The van der Waals surface area contributed by atoms with E-state index in [1.807, 2.05) is 60.7 Å². The Labute approximate surface area is 156 Å². The number of nitrogens with zero attached hydrogens (tertiary/aromatic N) is 3. The van der Waals surface area contributed by atoms with Crippen LogP contribution in [-0.4, -0.2) is 28.4 Å². The van der Waals surface area contributed by atoms with Crippen molar-refractivity contribution in [2.24, 2.45) is 5.10 Å². The van der Waals surface area contributed by atoms with Crippen molar-refractivity contribution in [1.82, 2.24) is 4.98 Å². The van der Waals surface area contributed by atoms with Crippen LogP contribution in [0.25, 0.3) is 10.9 Å². The minimum atomic E-state index is -0.474. The van der Waals surface area contributed by atoms with Crippen molar-refractivity contribution in [2.45, 2.75) is 19.4 Å². The van der Waals surface area contributed by atoms with Crippen molar-refractivity contribution < 1.29 is 9.59 Å². The molecule has 0 aliphatic carbocycles. The Hall–Kier alpha value is -3.54. The third-order valence-corrected chi connectivity index (χ3v) is 4.50. The van der Waals surface area contributed by atoms with Crippen molar-refractivity contribution in [3.63, 3.8) is 0 Å². The number of aromatic nitrogens is 1. The SMILES string of the molecule is CC(=O)C1CC(C(=O)Nc2ccc3ccccc3n2)=NN1c1ccccc1. The second kappa shape index (κ2) is 6.99. The molecule has 2 heterocycles. The van der Waals surface area contributed by atoms with Gasteiger partial charge in [0.1, 0.15) is 17.6 Å². The summed E-state index contributed by atoms with van der Waals surface area (Å²) < 4.78 is 0. The first-order valence-electron chi connectivity index (χ1n) is 8.71. The average Bonchev–Trinajstić information content (AvgIpc) is 3.15. The molecule has 1 aliphatic rings. The molecule has 6 heteroatoms. The zero-order chi connectivity index (χ0) is 18.8. The average molecular weight is 358 g/mol. The fourth-order valence-electron chi connectivity index (χ4n) is 3.11. The molecule has 4 rings (SSSR count). The van der Waals surface area contributed by atoms with Gasteiger partial charge < -0.3 is 5.32 Å². The molecule has 1 unspecified atom stereocenters. The summed E-state index contributed by atoms with van der Waals surface area (Å²) in [7, 11) is 0. The topological polar surface area (TPSA) is 74.7 Å². The highest BCUT2D eigenvalue weighted by Crippen LogP contribution is 2.25. The van der Waals surface area contributed by atoms with E-state index in [1.54, 1.807) is 11.1 Å². The Morgan fingerprint density at radius 2 is 1.74 bits per heavy atom. The number of ketones is 1. The van der Waals surface area contributed by atoms with Gasteiger partial charge in [0.25, 0.3) is 5.91 Å². The number of carbonyl (C=O) groups excluding carboxylic acids is 2. The Bertz CT molecular complexity index is 1050. The van der Waals surface area contributed by atoms with Gasteiger partial charge in [-0.2, -0.15) is 5.10 Å². The van der Waals surface area contributed by atoms with Gasteiger partial charge in [-0.15, -0.1) is 0 Å². The molecular formula is C21H18N4O2. The van der Waals surface area contributed by atoms with E-state index in [9.17, 15) is 9.59 Å². The first kappa shape index (κ1) is 16.9. The predicted molar refractivity (Wildman–Crippen MR) is 106 cm³/mol. The summed E-state index contributed by atoms with van der Waals surface area (Å²) in [5.74, 6) is 0.0793. The standard InChI is InChI=1S/C21H18N4O2/c1-14(26)19-13-18(24-25(19)16-8-3-2-4-9-16)21(27)23-20-12-11-15-7-5-6-10-17(15)22-20/h2-12,19H,13H2,1H3,(H,22,23,27). The molecule has 2 aromatic carbocycles. The van der Waals surface area contributed by atoms with Crippen molar-refractivity contribution in [3.05, 3.63) is 66.7 Å². The lowest BCUT2D eigenvalue weighted by Crippen LogP contribution is -2.33. The van der Waals surface area contributed by atoms with Gasteiger partial charge >= 0.3 is 0 Å². The maximum Gasteiger partial charge on any atom is 0.273 e. The fourth-order valence-corrected chi connectivity index (χ4v) is 3.11. The summed E-state index contributed by atoms with van der Waals surface area (Å²) in [6, 6.07) is 20.3. The van der Waals surface area contributed by atoms with Crippen LogP contribution in [0.4, 0.5) is 11.5 Å². The smallest absolute Gasteiger partial charge is 0.273 e. The summed E-state index contributed by atoms with van der Waals surface area (Å²) in [4.78, 5) is 29.2. The van der Waals surface area contributed by atoms with Crippen LogP contribution in [0.5, 0.6) is 0 Å². The zero-order valence-corrected chi connectivity index (χ0v) is 14.8. The van der Waals surface area contributed by atoms with Crippen LogP contribution in [-0.2, 0) is 9.59 Å². The number of hydrazone groups is 1. The predicted octanol–water partition coefficient (Wildman–Crippen LogP) is 3.40. The van der Waals surface area contributed by atoms with E-state index in [2.05, 4.69) is 15.4 Å². The second-order valence-corrected chi connectivity index (χ2v) is 6.40. The molecule has 0 bridgehead atoms. The van der Waals surface area contributed by atoms with Gasteiger partial charge in [0.15, 0.2) is 5.78 Å². The number of hydrogen-bond donors (Lipinski definition) is 1. The van der Waals surface area contributed by atoms with Crippen LogP contribution in [0.2, 0.25) is 0 Å². The van der Waals surface area contributed by atoms with E-state index >= 15 is 0 Å². The minimum Gasteiger partial charge on any atom is -0.305 e. The minimum absolute atomic E-state index is 0.0331. The van der Waals surface area contributed by atoms with E-state index in [-0.39, 0.29) is 18.1 Å². The summed E-state index contributed by atoms with van der Waals surface area (Å²) in [5, 5.41) is 9.81. The normalized spacial score (nSPS) is 16.3. The number of hydrogen-bond acceptors (Lipinski definition) is 5. The number of carbonyl (C=O) groups is 2. The van der Waals surface area contributed by atoms with E-state index in [4.69, 9.17) is 0 Å². The Balaban J connectivity index is 1.58. The number of rotatable bonds is 4. The van der Waals surface area contributed by atoms with Crippen LogP contribution >= 0.6 is 0 Å². The molecule has 0 saturated carbocycles. The van der Waals surface area contributed by atoms with E-state index in [0.717, 1.165) is 16.6 Å². The number of amides is 1. The maximum atomic E-state index is 12.7. The highest BCUT2D eigenvalue weighted by atomic mass is 16.2. The molecule has 1 atom stereocenters. The Morgan fingerprint density at radius 3 is 2.52 bits per heavy atom. The van der Waals surface area contributed by atoms with Gasteiger partial charge in [0.2, 0.25) is 0 Å². The number of nitrogens with one attached hydrogen (secondary N) is 1. The molecule has 1 aliphatic heterocycles. The first-order chi connectivity index (χ1) is 13.1. The van der Waals surface area contributed by atoms with Gasteiger partial charge in [-0.3, -0.25) is 14.6 Å². The number of benzene rings is 2. The van der Waals surface area contributed by atoms with E-state index in [0.29, 0.717) is 11.5 Å². The van der Waals surface area contributed by atoms with Crippen molar-refractivity contribution in [3.8, 4) is 0 Å². The van der Waals surface area contributed by atoms with Crippen molar-refractivity contribution in [2.75, 3.05) is 10.3 Å². The molecule has 0 spiro atoms. The van der Waals surface area contributed by atoms with Gasteiger partial charge in [0, 0.05) is 11.8 Å². The highest BCUT2D eigenvalue weighted by molar-refractivity contribution is 6.44. The third-order valence-electron chi connectivity index (χ3n) is 4.50. The van der Waals surface area contributed by atoms with E-state index in [1.165, 1.54) is 6.92 Å². The third kappa shape index (κ3) is 3.42. The molecule has 3 aromatic rings. The summed E-state index contributed by atoms with van der Waals surface area (Å²) in [6.45, 7) is 1.52. The first-order valence-corrected chi connectivity index (χ1v) is 8.71. The number of anilines is 2. The molecule has 0 fully saturated rings. The quantitative estimate of drug-likeness (QED) is 0.776. The van der Waals surface area contributed by atoms with Crippen LogP contribution in [0.1, 0.15) is 13.3 Å². The van der Waals surface area contributed by atoms with Crippen LogP contribution in [0.15, 0.2) is 71.8 Å². The van der Waals surface area contributed by atoms with Crippen molar-refractivity contribution >= 4 is 39.8 Å². The van der Waals surface area contributed by atoms with E-state index < -0.39 is 6.04 Å². The summed E-state index contributed by atoms with van der Waals surface area (Å²) in [6.07, 6.45) is 0.268. The zero-order valence-electron chi connectivity index (χ0n) is 14.8. The van der Waals surface area contributed by atoms with Gasteiger partial charge in [-0.05, 0) is 37.3 Å². The van der Waals surface area contributed by atoms with Crippen LogP contribution in [0, 0.1) is 0 Å². The lowest BCUT2D eigenvalue weighted by Gasteiger charge is -2.20. The Kier molecular flexibility index (Phi) is 4.38. The number of para-hydroxylation sites is 2. The van der Waals surface area contributed by atoms with Gasteiger partial charge in [0.05, 0.1) is 11.2 Å². The Morgan fingerprint density at radius 1 is 1.00 bits per heavy atom. The second-order valence-electron chi connectivity index (χ2n) is 6.40. The monoisotopic (exact) mass is 358 g/mol. The molecule has 0 saturated heterocycles. The highest BCUT2D eigenvalue weighted by Gasteiger charge is 2.34. The van der Waals surface area contributed by atoms with Gasteiger partial charge in [-0.25, -0.2) is 4.98 Å². The fraction of sp³-hybridized carbons (Fsp3) is 0.143. The number of Topliss-reactive ketones (excluding diaryl/α,β-unsaturated/α-hetero) is 1. The molecule has 27 heavy (non-hydrogen) atoms. The molecule has 6 nitrogen and oxygen atoms in total. The molecule has 0 radical (unpaired) electrons. The summed E-state index contributed by atoms with van der Waals surface area (Å²) in [5.41, 5.74) is 1.90.